The number of benzene rings is 1. The molecule has 1 aliphatic rings. The predicted molar refractivity (Wildman–Crippen MR) is 74.7 cm³/mol. The van der Waals surface area contributed by atoms with Crippen LogP contribution in [0.1, 0.15) is 12.0 Å². The van der Waals surface area contributed by atoms with Crippen molar-refractivity contribution in [1.29, 1.82) is 0 Å². The molecule has 1 aliphatic heterocycles. The minimum atomic E-state index is -3.35. The molecule has 1 fully saturated rings. The number of likely N-dealkylation sites (N-methyl/N-ethyl adjacent to an activating group) is 1. The van der Waals surface area contributed by atoms with Crippen molar-refractivity contribution in [3.05, 3.63) is 29.8 Å². The number of hydrogen-bond donors (Lipinski definition) is 1. The number of sulfonamides is 1. The van der Waals surface area contributed by atoms with Crippen LogP contribution in [0.2, 0.25) is 0 Å². The maximum atomic E-state index is 12.3. The van der Waals surface area contributed by atoms with E-state index in [-0.39, 0.29) is 18.4 Å². The molecule has 1 N–H and O–H groups in total. The van der Waals surface area contributed by atoms with Crippen LogP contribution < -0.4 is 5.32 Å². The Labute approximate surface area is 115 Å². The summed E-state index contributed by atoms with van der Waals surface area (Å²) in [4.78, 5) is 0.373. The van der Waals surface area contributed by atoms with E-state index in [2.05, 4.69) is 5.32 Å². The van der Waals surface area contributed by atoms with Gasteiger partial charge in [-0.15, -0.1) is 12.4 Å². The van der Waals surface area contributed by atoms with E-state index in [1.165, 1.54) is 4.31 Å². The first kappa shape index (κ1) is 15.4. The summed E-state index contributed by atoms with van der Waals surface area (Å²) in [7, 11) is -1.69. The predicted octanol–water partition coefficient (Wildman–Crippen LogP) is 1.40. The Bertz CT molecular complexity index is 481. The molecule has 0 amide bonds. The van der Waals surface area contributed by atoms with Gasteiger partial charge in [-0.3, -0.25) is 0 Å². The summed E-state index contributed by atoms with van der Waals surface area (Å²) < 4.78 is 26.1. The lowest BCUT2D eigenvalue weighted by Gasteiger charge is -2.23. The fraction of sp³-hybridized carbons (Fsp3) is 0.500. The van der Waals surface area contributed by atoms with Crippen LogP contribution in [0.15, 0.2) is 29.2 Å². The number of nitrogens with zero attached hydrogens (tertiary/aromatic N) is 1. The zero-order chi connectivity index (χ0) is 12.5. The molecule has 2 rings (SSSR count). The highest BCUT2D eigenvalue weighted by Crippen LogP contribution is 2.19. The molecule has 18 heavy (non-hydrogen) atoms. The monoisotopic (exact) mass is 290 g/mol. The molecule has 6 heteroatoms. The molecule has 1 unspecified atom stereocenters. The first-order chi connectivity index (χ1) is 8.01. The first-order valence-corrected chi connectivity index (χ1v) is 7.21. The second kappa shape index (κ2) is 6.02. The molecule has 0 bridgehead atoms. The molecule has 1 atom stereocenters. The number of halogens is 1. The second-order valence-corrected chi connectivity index (χ2v) is 6.48. The molecule has 0 aliphatic carbocycles. The Hall–Kier alpha value is -0.620. The summed E-state index contributed by atoms with van der Waals surface area (Å²) >= 11 is 0. The molecular formula is C12H19ClN2O2S. The maximum absolute atomic E-state index is 12.3. The molecule has 1 aromatic carbocycles. The largest absolute Gasteiger partial charge is 0.315 e. The molecule has 4 nitrogen and oxygen atoms in total. The van der Waals surface area contributed by atoms with Gasteiger partial charge in [-0.2, -0.15) is 4.31 Å². The third-order valence-electron chi connectivity index (χ3n) is 3.25. The standard InChI is InChI=1S/C12H18N2O2S.ClH/c1-10-3-5-12(6-4-10)17(15,16)14(2)11-7-8-13-9-11;/h3-6,11,13H,7-9H2,1-2H3;1H. The van der Waals surface area contributed by atoms with E-state index < -0.39 is 10.0 Å². The zero-order valence-corrected chi connectivity index (χ0v) is 12.2. The lowest BCUT2D eigenvalue weighted by atomic mass is 10.2. The molecule has 0 saturated carbocycles. The lowest BCUT2D eigenvalue weighted by Crippen LogP contribution is -2.38. The minimum absolute atomic E-state index is 0. The molecule has 0 spiro atoms. The van der Waals surface area contributed by atoms with Crippen molar-refractivity contribution in [3.8, 4) is 0 Å². The number of rotatable bonds is 3. The fourth-order valence-corrected chi connectivity index (χ4v) is 3.41. The van der Waals surface area contributed by atoms with Crippen LogP contribution in [0.3, 0.4) is 0 Å². The molecular weight excluding hydrogens is 272 g/mol. The summed E-state index contributed by atoms with van der Waals surface area (Å²) in [5.74, 6) is 0. The molecule has 102 valence electrons. The molecule has 1 saturated heterocycles. The summed E-state index contributed by atoms with van der Waals surface area (Å²) in [5.41, 5.74) is 1.06. The van der Waals surface area contributed by atoms with Gasteiger partial charge in [0.25, 0.3) is 0 Å². The van der Waals surface area contributed by atoms with Crippen LogP contribution in [0, 0.1) is 6.92 Å². The van der Waals surface area contributed by atoms with Crippen molar-refractivity contribution >= 4 is 22.4 Å². The Balaban J connectivity index is 0.00000162. The van der Waals surface area contributed by atoms with Gasteiger partial charge in [0, 0.05) is 19.6 Å². The first-order valence-electron chi connectivity index (χ1n) is 5.77. The zero-order valence-electron chi connectivity index (χ0n) is 10.6. The average molecular weight is 291 g/mol. The van der Waals surface area contributed by atoms with Gasteiger partial charge in [0.15, 0.2) is 0 Å². The number of aryl methyl sites for hydroxylation is 1. The Kier molecular flexibility index (Phi) is 5.16. The van der Waals surface area contributed by atoms with Crippen LogP contribution in [-0.2, 0) is 10.0 Å². The van der Waals surface area contributed by atoms with Gasteiger partial charge >= 0.3 is 0 Å². The smallest absolute Gasteiger partial charge is 0.243 e. The van der Waals surface area contributed by atoms with Crippen molar-refractivity contribution in [2.45, 2.75) is 24.3 Å². The van der Waals surface area contributed by atoms with Gasteiger partial charge < -0.3 is 5.32 Å². The number of nitrogens with one attached hydrogen (secondary N) is 1. The van der Waals surface area contributed by atoms with Crippen molar-refractivity contribution in [2.24, 2.45) is 0 Å². The van der Waals surface area contributed by atoms with Crippen molar-refractivity contribution in [3.63, 3.8) is 0 Å². The highest BCUT2D eigenvalue weighted by molar-refractivity contribution is 7.89. The highest BCUT2D eigenvalue weighted by Gasteiger charge is 2.29. The molecule has 0 radical (unpaired) electrons. The van der Waals surface area contributed by atoms with Crippen molar-refractivity contribution < 1.29 is 8.42 Å². The molecule has 1 heterocycles. The lowest BCUT2D eigenvalue weighted by molar-refractivity contribution is 0.388. The van der Waals surface area contributed by atoms with Crippen LogP contribution in [0.25, 0.3) is 0 Å². The minimum Gasteiger partial charge on any atom is -0.315 e. The number of hydrogen-bond acceptors (Lipinski definition) is 3. The second-order valence-electron chi connectivity index (χ2n) is 4.48. The third kappa shape index (κ3) is 3.03. The van der Waals surface area contributed by atoms with Gasteiger partial charge in [0.2, 0.25) is 10.0 Å². The summed E-state index contributed by atoms with van der Waals surface area (Å²) in [5, 5.41) is 3.18. The average Bonchev–Trinajstić information content (AvgIpc) is 2.82. The SMILES string of the molecule is Cc1ccc(S(=O)(=O)N(C)C2CCNC2)cc1.Cl. The van der Waals surface area contributed by atoms with Crippen LogP contribution in [0.5, 0.6) is 0 Å². The van der Waals surface area contributed by atoms with Crippen LogP contribution in [-0.4, -0.2) is 38.9 Å². The summed E-state index contributed by atoms with van der Waals surface area (Å²) in [6.45, 7) is 3.57. The topological polar surface area (TPSA) is 49.4 Å². The summed E-state index contributed by atoms with van der Waals surface area (Å²) in [6, 6.07) is 7.07. The van der Waals surface area contributed by atoms with E-state index in [9.17, 15) is 8.42 Å². The van der Waals surface area contributed by atoms with Gasteiger partial charge in [0.05, 0.1) is 4.90 Å². The van der Waals surface area contributed by atoms with Gasteiger partial charge in [-0.25, -0.2) is 8.42 Å². The van der Waals surface area contributed by atoms with Crippen LogP contribution in [0.4, 0.5) is 0 Å². The van der Waals surface area contributed by atoms with Crippen LogP contribution >= 0.6 is 12.4 Å². The van der Waals surface area contributed by atoms with Crippen molar-refractivity contribution in [2.75, 3.05) is 20.1 Å². The fourth-order valence-electron chi connectivity index (χ4n) is 2.02. The third-order valence-corrected chi connectivity index (χ3v) is 5.17. The molecule has 0 aromatic heterocycles. The quantitative estimate of drug-likeness (QED) is 0.915. The Morgan fingerprint density at radius 1 is 1.28 bits per heavy atom. The Morgan fingerprint density at radius 2 is 1.89 bits per heavy atom. The van der Waals surface area contributed by atoms with Gasteiger partial charge in [-0.05, 0) is 32.0 Å². The van der Waals surface area contributed by atoms with E-state index in [1.807, 2.05) is 19.1 Å². The van der Waals surface area contributed by atoms with E-state index in [1.54, 1.807) is 19.2 Å². The maximum Gasteiger partial charge on any atom is 0.243 e. The molecule has 1 aromatic rings. The van der Waals surface area contributed by atoms with E-state index in [0.29, 0.717) is 4.90 Å². The Morgan fingerprint density at radius 3 is 2.39 bits per heavy atom. The van der Waals surface area contributed by atoms with Gasteiger partial charge in [-0.1, -0.05) is 17.7 Å². The van der Waals surface area contributed by atoms with E-state index >= 15 is 0 Å². The normalized spacial score (nSPS) is 19.8. The van der Waals surface area contributed by atoms with Gasteiger partial charge in [0.1, 0.15) is 0 Å². The van der Waals surface area contributed by atoms with E-state index in [4.69, 9.17) is 0 Å². The van der Waals surface area contributed by atoms with E-state index in [0.717, 1.165) is 25.1 Å². The van der Waals surface area contributed by atoms with Crippen molar-refractivity contribution in [1.82, 2.24) is 9.62 Å². The summed E-state index contributed by atoms with van der Waals surface area (Å²) in [6.07, 6.45) is 0.877. The highest BCUT2D eigenvalue weighted by atomic mass is 35.5.